The van der Waals surface area contributed by atoms with Crippen LogP contribution in [0.5, 0.6) is 0 Å². The smallest absolute Gasteiger partial charge is 0.256 e. The van der Waals surface area contributed by atoms with Crippen molar-refractivity contribution in [3.63, 3.8) is 0 Å². The number of carbonyl (C=O) groups excluding carboxylic acids is 3. The van der Waals surface area contributed by atoms with Gasteiger partial charge < -0.3 is 20.9 Å². The second-order valence-corrected chi connectivity index (χ2v) is 16.1. The summed E-state index contributed by atoms with van der Waals surface area (Å²) in [5, 5.41) is 12.1. The van der Waals surface area contributed by atoms with Gasteiger partial charge in [0, 0.05) is 48.4 Å². The number of nitrogens with one attached hydrogen (secondary N) is 4. The lowest BCUT2D eigenvalue weighted by atomic mass is 9.82. The van der Waals surface area contributed by atoms with Crippen LogP contribution in [0.1, 0.15) is 88.5 Å². The Morgan fingerprint density at radius 1 is 0.776 bits per heavy atom. The molecule has 3 aromatic heterocycles. The topological polar surface area (TPSA) is 163 Å². The van der Waals surface area contributed by atoms with Crippen LogP contribution in [0, 0.1) is 17.6 Å². The van der Waals surface area contributed by atoms with Crippen LogP contribution in [0.15, 0.2) is 71.8 Å². The van der Waals surface area contributed by atoms with Crippen molar-refractivity contribution >= 4 is 29.4 Å². The Balaban J connectivity index is 0.760. The van der Waals surface area contributed by atoms with E-state index in [0.29, 0.717) is 41.2 Å². The average molecular weight is 794 g/mol. The van der Waals surface area contributed by atoms with Crippen molar-refractivity contribution < 1.29 is 23.2 Å². The molecular weight excluding hydrogens is 745 g/mol. The highest BCUT2D eigenvalue weighted by Gasteiger charge is 2.34. The van der Waals surface area contributed by atoms with E-state index in [9.17, 15) is 23.6 Å². The number of likely N-dealkylation sites (tertiary alicyclic amines) is 1. The van der Waals surface area contributed by atoms with Crippen molar-refractivity contribution in [3.05, 3.63) is 94.5 Å². The van der Waals surface area contributed by atoms with E-state index < -0.39 is 11.9 Å². The number of amides is 3. The number of aromatic nitrogens is 4. The highest BCUT2D eigenvalue weighted by molar-refractivity contribution is 6.01. The second-order valence-electron chi connectivity index (χ2n) is 16.1. The molecule has 2 aliphatic carbocycles. The number of hydrogen-bond acceptors (Lipinski definition) is 10. The third kappa shape index (κ3) is 9.09. The standard InChI is InChI=1S/C43H49F2N9O4/c44-33-24-30(47-36-17-18-38(55)51-42(36)58)13-16-32(33)26-19-22-53(23-20-26)31-14-7-27(8-15-31)41(57)48-28-9-11-29(12-10-28)49-43-46-25-34(45)40(52-43)35-4-3-5-37(50-35)54-21-2-1-6-39(54)56/h1-6,13,16,21,24-29,31,36,47H,7-12,14-15,17-20,22-23H2,(H,48,57)(H,46,49,52)(H,51,55,58). The molecule has 5 heterocycles. The van der Waals surface area contributed by atoms with Crippen LogP contribution in [0.25, 0.3) is 17.2 Å². The van der Waals surface area contributed by atoms with Crippen molar-refractivity contribution in [2.45, 2.75) is 107 Å². The van der Waals surface area contributed by atoms with E-state index in [2.05, 4.69) is 41.1 Å². The zero-order valence-corrected chi connectivity index (χ0v) is 32.3. The van der Waals surface area contributed by atoms with E-state index in [1.165, 1.54) is 16.7 Å². The Kier molecular flexibility index (Phi) is 11.9. The van der Waals surface area contributed by atoms with Crippen molar-refractivity contribution in [2.24, 2.45) is 5.92 Å². The maximum atomic E-state index is 15.3. The molecule has 13 nitrogen and oxygen atoms in total. The van der Waals surface area contributed by atoms with Gasteiger partial charge in [-0.3, -0.25) is 29.1 Å². The molecule has 8 rings (SSSR count). The molecule has 15 heteroatoms. The normalized spacial score (nSPS) is 24.5. The minimum atomic E-state index is -0.611. The number of carbonyl (C=O) groups is 3. The molecule has 1 atom stereocenters. The summed E-state index contributed by atoms with van der Waals surface area (Å²) < 4.78 is 31.6. The van der Waals surface area contributed by atoms with E-state index in [1.54, 1.807) is 36.5 Å². The number of rotatable bonds is 10. The number of nitrogens with zero attached hydrogens (tertiary/aromatic N) is 5. The van der Waals surface area contributed by atoms with Crippen LogP contribution in [0.2, 0.25) is 0 Å². The maximum absolute atomic E-state index is 15.3. The number of hydrogen-bond donors (Lipinski definition) is 4. The number of pyridine rings is 2. The number of anilines is 2. The van der Waals surface area contributed by atoms with Crippen molar-refractivity contribution in [1.29, 1.82) is 0 Å². The number of piperidine rings is 2. The van der Waals surface area contributed by atoms with Gasteiger partial charge in [0.05, 0.1) is 11.9 Å². The first kappa shape index (κ1) is 39.3. The monoisotopic (exact) mass is 793 g/mol. The molecule has 0 spiro atoms. The summed E-state index contributed by atoms with van der Waals surface area (Å²) in [6.45, 7) is 1.79. The van der Waals surface area contributed by atoms with E-state index in [0.717, 1.165) is 83.5 Å². The van der Waals surface area contributed by atoms with Crippen molar-refractivity contribution in [1.82, 2.24) is 35.1 Å². The Labute approximate surface area is 335 Å². The lowest BCUT2D eigenvalue weighted by Gasteiger charge is -2.41. The van der Waals surface area contributed by atoms with Crippen molar-refractivity contribution in [2.75, 3.05) is 23.7 Å². The zero-order chi connectivity index (χ0) is 40.2. The minimum Gasteiger partial charge on any atom is -0.374 e. The molecular formula is C43H49F2N9O4. The summed E-state index contributed by atoms with van der Waals surface area (Å²) in [6, 6.07) is 15.0. The zero-order valence-electron chi connectivity index (χ0n) is 32.3. The van der Waals surface area contributed by atoms with Gasteiger partial charge in [-0.25, -0.2) is 23.7 Å². The largest absolute Gasteiger partial charge is 0.374 e. The average Bonchev–Trinajstić information content (AvgIpc) is 3.24. The van der Waals surface area contributed by atoms with Crippen LogP contribution < -0.4 is 26.8 Å². The molecule has 4 aliphatic rings. The number of halogens is 2. The van der Waals surface area contributed by atoms with Gasteiger partial charge in [-0.2, -0.15) is 0 Å². The van der Waals surface area contributed by atoms with Gasteiger partial charge in [0.25, 0.3) is 5.56 Å². The molecule has 1 unspecified atom stereocenters. The summed E-state index contributed by atoms with van der Waals surface area (Å²) >= 11 is 0. The molecule has 4 fully saturated rings. The lowest BCUT2D eigenvalue weighted by molar-refractivity contribution is -0.133. The SMILES string of the molecule is O=C1CCC(Nc2ccc(C3CCN(C4CCC(C(=O)NC5CCC(Nc6ncc(F)c(-c7cccc(-n8ccccc8=O)n7)n6)CC5)CC4)CC3)c(F)c2)C(=O)N1. The first-order chi connectivity index (χ1) is 28.2. The quantitative estimate of drug-likeness (QED) is 0.152. The number of benzene rings is 1. The third-order valence-corrected chi connectivity index (χ3v) is 12.3. The third-order valence-electron chi connectivity index (χ3n) is 12.3. The summed E-state index contributed by atoms with van der Waals surface area (Å²) in [5.41, 5.74) is 1.33. The first-order valence-corrected chi connectivity index (χ1v) is 20.6. The molecule has 2 saturated heterocycles. The van der Waals surface area contributed by atoms with Gasteiger partial charge in [0.15, 0.2) is 5.82 Å². The van der Waals surface area contributed by atoms with Gasteiger partial charge in [0.2, 0.25) is 23.7 Å². The Bertz CT molecular complexity index is 2190. The highest BCUT2D eigenvalue weighted by atomic mass is 19.1. The van der Waals surface area contributed by atoms with E-state index in [-0.39, 0.29) is 65.1 Å². The molecule has 2 saturated carbocycles. The predicted molar refractivity (Wildman–Crippen MR) is 214 cm³/mol. The summed E-state index contributed by atoms with van der Waals surface area (Å²) in [7, 11) is 0. The van der Waals surface area contributed by atoms with Gasteiger partial charge in [-0.05, 0) is 126 Å². The van der Waals surface area contributed by atoms with Crippen LogP contribution in [-0.2, 0) is 14.4 Å². The molecule has 3 amide bonds. The number of imide groups is 1. The summed E-state index contributed by atoms with van der Waals surface area (Å²) in [6.07, 6.45) is 12.0. The van der Waals surface area contributed by atoms with E-state index in [4.69, 9.17) is 0 Å². The second kappa shape index (κ2) is 17.5. The fourth-order valence-corrected chi connectivity index (χ4v) is 9.07. The van der Waals surface area contributed by atoms with E-state index in [1.807, 2.05) is 12.1 Å². The molecule has 4 N–H and O–H groups in total. The van der Waals surface area contributed by atoms with Crippen LogP contribution in [-0.4, -0.2) is 79.4 Å². The Morgan fingerprint density at radius 2 is 1.55 bits per heavy atom. The molecule has 0 bridgehead atoms. The summed E-state index contributed by atoms with van der Waals surface area (Å²) in [4.78, 5) is 64.9. The first-order valence-electron chi connectivity index (χ1n) is 20.6. The molecule has 0 radical (unpaired) electrons. The van der Waals surface area contributed by atoms with Gasteiger partial charge >= 0.3 is 0 Å². The predicted octanol–water partition coefficient (Wildman–Crippen LogP) is 5.46. The van der Waals surface area contributed by atoms with Crippen molar-refractivity contribution in [3.8, 4) is 17.2 Å². The Morgan fingerprint density at radius 3 is 2.29 bits per heavy atom. The van der Waals surface area contributed by atoms with Crippen LogP contribution in [0.4, 0.5) is 20.4 Å². The lowest BCUT2D eigenvalue weighted by Crippen LogP contribution is -2.47. The molecule has 2 aliphatic heterocycles. The highest BCUT2D eigenvalue weighted by Crippen LogP contribution is 2.36. The molecule has 1 aromatic carbocycles. The minimum absolute atomic E-state index is 0.00435. The van der Waals surface area contributed by atoms with Gasteiger partial charge in [-0.1, -0.05) is 18.2 Å². The maximum Gasteiger partial charge on any atom is 0.256 e. The molecule has 4 aromatic rings. The van der Waals surface area contributed by atoms with Gasteiger partial charge in [0.1, 0.15) is 23.4 Å². The molecule has 58 heavy (non-hydrogen) atoms. The fourth-order valence-electron chi connectivity index (χ4n) is 9.07. The molecule has 304 valence electrons. The van der Waals surface area contributed by atoms with Gasteiger partial charge in [-0.15, -0.1) is 0 Å². The Hall–Kier alpha value is -5.57. The van der Waals surface area contributed by atoms with Crippen LogP contribution in [0.3, 0.4) is 0 Å². The summed E-state index contributed by atoms with van der Waals surface area (Å²) in [5.74, 6) is -0.612. The van der Waals surface area contributed by atoms with Crippen LogP contribution >= 0.6 is 0 Å². The fraction of sp³-hybridized carbons (Fsp3) is 0.465. The van der Waals surface area contributed by atoms with E-state index >= 15 is 4.39 Å².